The highest BCUT2D eigenvalue weighted by Gasteiger charge is 2.28. The second-order valence-electron chi connectivity index (χ2n) is 8.22. The predicted molar refractivity (Wildman–Crippen MR) is 129 cm³/mol. The number of nitrogens with zero attached hydrogens (tertiary/aromatic N) is 2. The normalized spacial score (nSPS) is 11.5. The molecule has 0 atom stereocenters. The van der Waals surface area contributed by atoms with E-state index in [9.17, 15) is 8.42 Å². The SMILES string of the molecule is Cc1ccc(S(=O)(=O)c2ncn(-c3c(C)cccc3C)c2Nc2c(C)cccc2C)cc1. The number of nitrogens with one attached hydrogen (secondary N) is 1. The Morgan fingerprint density at radius 2 is 1.28 bits per heavy atom. The fourth-order valence-electron chi connectivity index (χ4n) is 3.96. The molecule has 0 spiro atoms. The van der Waals surface area contributed by atoms with Crippen LogP contribution in [0, 0.1) is 34.6 Å². The maximum atomic E-state index is 13.6. The minimum atomic E-state index is -3.84. The zero-order chi connectivity index (χ0) is 23.0. The van der Waals surface area contributed by atoms with E-state index in [1.54, 1.807) is 30.6 Å². The zero-order valence-corrected chi connectivity index (χ0v) is 19.8. The molecule has 1 aromatic heterocycles. The van der Waals surface area contributed by atoms with E-state index in [1.165, 1.54) is 0 Å². The monoisotopic (exact) mass is 445 g/mol. The Morgan fingerprint density at radius 1 is 0.750 bits per heavy atom. The molecular weight excluding hydrogens is 418 g/mol. The summed E-state index contributed by atoms with van der Waals surface area (Å²) in [5.74, 6) is 0.431. The Bertz CT molecular complexity index is 1360. The van der Waals surface area contributed by atoms with Gasteiger partial charge in [-0.05, 0) is 69.0 Å². The summed E-state index contributed by atoms with van der Waals surface area (Å²) in [4.78, 5) is 4.63. The van der Waals surface area contributed by atoms with Gasteiger partial charge in [-0.2, -0.15) is 0 Å². The van der Waals surface area contributed by atoms with E-state index in [0.717, 1.165) is 39.2 Å². The van der Waals surface area contributed by atoms with Gasteiger partial charge in [-0.25, -0.2) is 13.4 Å². The molecule has 4 rings (SSSR count). The molecule has 0 aliphatic carbocycles. The topological polar surface area (TPSA) is 64.0 Å². The van der Waals surface area contributed by atoms with E-state index in [2.05, 4.69) is 10.3 Å². The quantitative estimate of drug-likeness (QED) is 0.410. The van der Waals surface area contributed by atoms with Crippen molar-refractivity contribution in [1.29, 1.82) is 0 Å². The summed E-state index contributed by atoms with van der Waals surface area (Å²) in [7, 11) is -3.84. The first kappa shape index (κ1) is 21.8. The molecule has 6 heteroatoms. The first-order chi connectivity index (χ1) is 15.2. The molecular formula is C26H27N3O2S. The fourth-order valence-corrected chi connectivity index (χ4v) is 5.26. The average Bonchev–Trinajstić information content (AvgIpc) is 3.15. The molecule has 0 saturated heterocycles. The minimum absolute atomic E-state index is 0.00617. The van der Waals surface area contributed by atoms with Crippen molar-refractivity contribution in [1.82, 2.24) is 9.55 Å². The van der Waals surface area contributed by atoms with Gasteiger partial charge in [-0.1, -0.05) is 54.1 Å². The van der Waals surface area contributed by atoms with Gasteiger partial charge in [0.15, 0.2) is 5.82 Å². The van der Waals surface area contributed by atoms with E-state index >= 15 is 0 Å². The zero-order valence-electron chi connectivity index (χ0n) is 19.0. The van der Waals surface area contributed by atoms with Crippen molar-refractivity contribution in [2.24, 2.45) is 0 Å². The number of sulfone groups is 1. The lowest BCUT2D eigenvalue weighted by atomic mass is 10.1. The minimum Gasteiger partial charge on any atom is -0.338 e. The molecule has 0 unspecified atom stereocenters. The van der Waals surface area contributed by atoms with Crippen molar-refractivity contribution in [3.05, 3.63) is 94.8 Å². The highest BCUT2D eigenvalue weighted by atomic mass is 32.2. The number of imidazole rings is 1. The largest absolute Gasteiger partial charge is 0.338 e. The summed E-state index contributed by atoms with van der Waals surface area (Å²) in [6, 6.07) is 18.9. The van der Waals surface area contributed by atoms with Gasteiger partial charge in [-0.15, -0.1) is 0 Å². The molecule has 0 radical (unpaired) electrons. The van der Waals surface area contributed by atoms with Crippen LogP contribution in [0.25, 0.3) is 5.69 Å². The standard InChI is InChI=1S/C26H27N3O2S/c1-17-12-14-22(15-13-17)32(30,31)26-25(28-23-18(2)8-6-9-19(23)3)29(16-27-26)24-20(4)10-7-11-21(24)5/h6-16,28H,1-5H3. The number of para-hydroxylation sites is 2. The van der Waals surface area contributed by atoms with Crippen molar-refractivity contribution in [2.45, 2.75) is 44.5 Å². The van der Waals surface area contributed by atoms with Crippen LogP contribution in [0.3, 0.4) is 0 Å². The number of rotatable bonds is 5. The molecule has 0 aliphatic rings. The van der Waals surface area contributed by atoms with Gasteiger partial charge in [0.05, 0.1) is 10.6 Å². The van der Waals surface area contributed by atoms with E-state index in [0.29, 0.717) is 5.82 Å². The molecule has 5 nitrogen and oxygen atoms in total. The number of hydrogen-bond acceptors (Lipinski definition) is 4. The van der Waals surface area contributed by atoms with Crippen LogP contribution in [-0.4, -0.2) is 18.0 Å². The van der Waals surface area contributed by atoms with Crippen LogP contribution >= 0.6 is 0 Å². The third-order valence-electron chi connectivity index (χ3n) is 5.72. The fraction of sp³-hybridized carbons (Fsp3) is 0.192. The summed E-state index contributed by atoms with van der Waals surface area (Å²) in [5.41, 5.74) is 6.91. The predicted octanol–water partition coefficient (Wildman–Crippen LogP) is 5.99. The molecule has 1 N–H and O–H groups in total. The summed E-state index contributed by atoms with van der Waals surface area (Å²) in [5, 5.41) is 3.43. The molecule has 0 aliphatic heterocycles. The molecule has 3 aromatic carbocycles. The molecule has 0 fully saturated rings. The number of aromatic nitrogens is 2. The third kappa shape index (κ3) is 3.82. The average molecular weight is 446 g/mol. The summed E-state index contributed by atoms with van der Waals surface area (Å²) >= 11 is 0. The van der Waals surface area contributed by atoms with E-state index < -0.39 is 9.84 Å². The second kappa shape index (κ2) is 8.28. The Kier molecular flexibility index (Phi) is 5.65. The maximum Gasteiger partial charge on any atom is 0.227 e. The van der Waals surface area contributed by atoms with Crippen molar-refractivity contribution in [2.75, 3.05) is 5.32 Å². The lowest BCUT2D eigenvalue weighted by Crippen LogP contribution is -2.10. The molecule has 4 aromatic rings. The van der Waals surface area contributed by atoms with Gasteiger partial charge in [0.2, 0.25) is 14.9 Å². The Balaban J connectivity index is 1.98. The van der Waals surface area contributed by atoms with Crippen LogP contribution in [0.15, 0.2) is 76.9 Å². The number of anilines is 2. The van der Waals surface area contributed by atoms with Crippen molar-refractivity contribution in [3.63, 3.8) is 0 Å². The van der Waals surface area contributed by atoms with Crippen LogP contribution in [0.2, 0.25) is 0 Å². The Labute approximate surface area is 189 Å². The lowest BCUT2D eigenvalue weighted by Gasteiger charge is -2.18. The maximum absolute atomic E-state index is 13.6. The number of aryl methyl sites for hydroxylation is 5. The van der Waals surface area contributed by atoms with Crippen LogP contribution in [0.5, 0.6) is 0 Å². The molecule has 32 heavy (non-hydrogen) atoms. The number of hydrogen-bond donors (Lipinski definition) is 1. The molecule has 0 saturated carbocycles. The van der Waals surface area contributed by atoms with Crippen LogP contribution in [-0.2, 0) is 9.84 Å². The number of benzene rings is 3. The second-order valence-corrected chi connectivity index (χ2v) is 10.1. The van der Waals surface area contributed by atoms with E-state index in [-0.39, 0.29) is 9.92 Å². The summed E-state index contributed by atoms with van der Waals surface area (Å²) < 4.78 is 29.1. The van der Waals surface area contributed by atoms with Gasteiger partial charge in [0.1, 0.15) is 6.33 Å². The molecule has 0 bridgehead atoms. The van der Waals surface area contributed by atoms with Crippen LogP contribution < -0.4 is 5.32 Å². The van der Waals surface area contributed by atoms with Gasteiger partial charge >= 0.3 is 0 Å². The first-order valence-electron chi connectivity index (χ1n) is 10.5. The van der Waals surface area contributed by atoms with Crippen LogP contribution in [0.1, 0.15) is 27.8 Å². The van der Waals surface area contributed by atoms with E-state index in [4.69, 9.17) is 0 Å². The smallest absolute Gasteiger partial charge is 0.227 e. The lowest BCUT2D eigenvalue weighted by molar-refractivity contribution is 0.593. The molecule has 0 amide bonds. The molecule has 164 valence electrons. The van der Waals surface area contributed by atoms with Crippen molar-refractivity contribution >= 4 is 21.3 Å². The summed E-state index contributed by atoms with van der Waals surface area (Å²) in [6.45, 7) is 9.96. The van der Waals surface area contributed by atoms with Gasteiger partial charge in [0, 0.05) is 5.69 Å². The van der Waals surface area contributed by atoms with Gasteiger partial charge in [-0.3, -0.25) is 4.57 Å². The Hall–Kier alpha value is -3.38. The third-order valence-corrected chi connectivity index (χ3v) is 7.43. The van der Waals surface area contributed by atoms with Crippen molar-refractivity contribution in [3.8, 4) is 5.69 Å². The first-order valence-corrected chi connectivity index (χ1v) is 12.0. The van der Waals surface area contributed by atoms with Gasteiger partial charge < -0.3 is 5.32 Å². The molecule has 1 heterocycles. The highest BCUT2D eigenvalue weighted by molar-refractivity contribution is 7.91. The van der Waals surface area contributed by atoms with Crippen LogP contribution in [0.4, 0.5) is 11.5 Å². The van der Waals surface area contributed by atoms with Crippen molar-refractivity contribution < 1.29 is 8.42 Å². The van der Waals surface area contributed by atoms with E-state index in [1.807, 2.05) is 75.6 Å². The highest BCUT2D eigenvalue weighted by Crippen LogP contribution is 2.34. The van der Waals surface area contributed by atoms with Gasteiger partial charge in [0.25, 0.3) is 0 Å². The summed E-state index contributed by atoms with van der Waals surface area (Å²) in [6.07, 6.45) is 1.59. The Morgan fingerprint density at radius 3 is 1.84 bits per heavy atom.